The van der Waals surface area contributed by atoms with Crippen LogP contribution in [0.3, 0.4) is 0 Å². The first-order valence-electron chi connectivity index (χ1n) is 6.89. The molecule has 0 radical (unpaired) electrons. The number of halogens is 3. The van der Waals surface area contributed by atoms with Crippen LogP contribution >= 0.6 is 45.8 Å². The quantitative estimate of drug-likeness (QED) is 0.311. The molecule has 1 heterocycles. The van der Waals surface area contributed by atoms with E-state index in [1.165, 1.54) is 18.2 Å². The molecular weight excluding hydrogens is 476 g/mol. The van der Waals surface area contributed by atoms with Gasteiger partial charge in [-0.2, -0.15) is 5.26 Å². The van der Waals surface area contributed by atoms with E-state index in [2.05, 4.69) is 32.6 Å². The first-order chi connectivity index (χ1) is 11.9. The van der Waals surface area contributed by atoms with E-state index in [0.717, 1.165) is 3.57 Å². The Bertz CT molecular complexity index is 1130. The van der Waals surface area contributed by atoms with Gasteiger partial charge in [0.15, 0.2) is 5.82 Å². The van der Waals surface area contributed by atoms with Gasteiger partial charge in [0.1, 0.15) is 17.4 Å². The summed E-state index contributed by atoms with van der Waals surface area (Å²) in [6, 6.07) is 11.5. The van der Waals surface area contributed by atoms with E-state index in [0.29, 0.717) is 15.9 Å². The van der Waals surface area contributed by atoms with Crippen LogP contribution in [0.15, 0.2) is 41.2 Å². The summed E-state index contributed by atoms with van der Waals surface area (Å²) in [6.07, 6.45) is 0. The van der Waals surface area contributed by atoms with Gasteiger partial charge in [-0.05, 0) is 59.0 Å². The van der Waals surface area contributed by atoms with Gasteiger partial charge in [-0.25, -0.2) is 4.98 Å². The third-order valence-corrected chi connectivity index (χ3v) is 4.66. The molecule has 3 rings (SSSR count). The summed E-state index contributed by atoms with van der Waals surface area (Å²) < 4.78 is 0.890. The molecule has 2 N–H and O–H groups in total. The highest BCUT2D eigenvalue weighted by Crippen LogP contribution is 2.29. The summed E-state index contributed by atoms with van der Waals surface area (Å²) in [6.45, 7) is 0. The van der Waals surface area contributed by atoms with Crippen molar-refractivity contribution in [3.63, 3.8) is 0 Å². The number of allylic oxidation sites excluding steroid dienone is 1. The molecule has 0 aliphatic heterocycles. The number of nitriles is 1. The van der Waals surface area contributed by atoms with E-state index < -0.39 is 11.3 Å². The van der Waals surface area contributed by atoms with Gasteiger partial charge in [0.05, 0.1) is 15.9 Å². The fraction of sp³-hybridized carbons (Fsp3) is 0. The SMILES string of the molecule is N#CC(=C(O)c1ccc(Cl)cc1Cl)c1nc2cc(I)ccc2c(=O)[nH]1. The van der Waals surface area contributed by atoms with Gasteiger partial charge < -0.3 is 10.1 Å². The topological polar surface area (TPSA) is 89.8 Å². The van der Waals surface area contributed by atoms with Crippen LogP contribution in [0.5, 0.6) is 0 Å². The Morgan fingerprint density at radius 2 is 2.00 bits per heavy atom. The maximum absolute atomic E-state index is 12.2. The largest absolute Gasteiger partial charge is 0.506 e. The molecule has 0 spiro atoms. The summed E-state index contributed by atoms with van der Waals surface area (Å²) in [7, 11) is 0. The number of aliphatic hydroxyl groups excluding tert-OH is 1. The van der Waals surface area contributed by atoms with Crippen LogP contribution in [-0.4, -0.2) is 15.1 Å². The molecule has 0 fully saturated rings. The Balaban J connectivity index is 2.26. The molecule has 8 heteroatoms. The van der Waals surface area contributed by atoms with Crippen molar-refractivity contribution in [3.05, 3.63) is 71.8 Å². The lowest BCUT2D eigenvalue weighted by molar-refractivity contribution is 0.514. The molecule has 0 atom stereocenters. The number of aromatic amines is 1. The third-order valence-electron chi connectivity index (χ3n) is 3.44. The predicted octanol–water partition coefficient (Wildman–Crippen LogP) is 4.78. The minimum atomic E-state index is -0.404. The number of aromatic nitrogens is 2. The Labute approximate surface area is 165 Å². The van der Waals surface area contributed by atoms with Crippen molar-refractivity contribution in [2.75, 3.05) is 0 Å². The monoisotopic (exact) mass is 483 g/mol. The van der Waals surface area contributed by atoms with Crippen molar-refractivity contribution >= 4 is 68.0 Å². The lowest BCUT2D eigenvalue weighted by Gasteiger charge is -2.07. The number of rotatable bonds is 2. The van der Waals surface area contributed by atoms with Crippen molar-refractivity contribution < 1.29 is 5.11 Å². The van der Waals surface area contributed by atoms with Crippen LogP contribution in [-0.2, 0) is 0 Å². The number of aliphatic hydroxyl groups is 1. The average molecular weight is 484 g/mol. The molecule has 0 bridgehead atoms. The van der Waals surface area contributed by atoms with E-state index in [9.17, 15) is 15.2 Å². The Morgan fingerprint density at radius 1 is 1.24 bits per heavy atom. The Morgan fingerprint density at radius 3 is 2.68 bits per heavy atom. The van der Waals surface area contributed by atoms with Crippen LogP contribution in [0, 0.1) is 14.9 Å². The van der Waals surface area contributed by atoms with Gasteiger partial charge in [0.2, 0.25) is 0 Å². The molecule has 0 saturated heterocycles. The van der Waals surface area contributed by atoms with Gasteiger partial charge >= 0.3 is 0 Å². The summed E-state index contributed by atoms with van der Waals surface area (Å²) >= 11 is 14.0. The third kappa shape index (κ3) is 3.49. The van der Waals surface area contributed by atoms with Crippen molar-refractivity contribution in [1.29, 1.82) is 5.26 Å². The van der Waals surface area contributed by atoms with Crippen LogP contribution in [0.4, 0.5) is 0 Å². The van der Waals surface area contributed by atoms with Crippen LogP contribution < -0.4 is 5.56 Å². The molecule has 124 valence electrons. The van der Waals surface area contributed by atoms with E-state index in [1.807, 2.05) is 6.07 Å². The maximum atomic E-state index is 12.2. The smallest absolute Gasteiger partial charge is 0.259 e. The summed E-state index contributed by atoms with van der Waals surface area (Å²) in [5, 5.41) is 20.9. The fourth-order valence-corrected chi connectivity index (χ4v) is 3.24. The maximum Gasteiger partial charge on any atom is 0.259 e. The molecule has 0 saturated carbocycles. The van der Waals surface area contributed by atoms with Crippen molar-refractivity contribution in [2.24, 2.45) is 0 Å². The summed E-state index contributed by atoms with van der Waals surface area (Å²) in [4.78, 5) is 19.1. The van der Waals surface area contributed by atoms with Crippen molar-refractivity contribution in [1.82, 2.24) is 9.97 Å². The number of nitrogens with one attached hydrogen (secondary N) is 1. The van der Waals surface area contributed by atoms with Crippen LogP contribution in [0.2, 0.25) is 10.0 Å². The lowest BCUT2D eigenvalue weighted by Crippen LogP contribution is -2.12. The zero-order valence-electron chi connectivity index (χ0n) is 12.3. The molecule has 1 aromatic heterocycles. The molecule has 5 nitrogen and oxygen atoms in total. The van der Waals surface area contributed by atoms with Gasteiger partial charge in [-0.1, -0.05) is 23.2 Å². The van der Waals surface area contributed by atoms with Gasteiger partial charge in [0, 0.05) is 14.2 Å². The van der Waals surface area contributed by atoms with Crippen molar-refractivity contribution in [2.45, 2.75) is 0 Å². The van der Waals surface area contributed by atoms with Crippen LogP contribution in [0.25, 0.3) is 22.2 Å². The van der Waals surface area contributed by atoms with E-state index >= 15 is 0 Å². The second-order valence-corrected chi connectivity index (χ2v) is 7.12. The molecule has 0 aliphatic carbocycles. The molecule has 0 amide bonds. The molecule has 0 unspecified atom stereocenters. The highest BCUT2D eigenvalue weighted by molar-refractivity contribution is 14.1. The zero-order chi connectivity index (χ0) is 18.1. The molecule has 0 aliphatic rings. The first-order valence-corrected chi connectivity index (χ1v) is 8.73. The first kappa shape index (κ1) is 17.7. The molecule has 3 aromatic rings. The van der Waals surface area contributed by atoms with Gasteiger partial charge in [-0.15, -0.1) is 0 Å². The highest BCUT2D eigenvalue weighted by Gasteiger charge is 2.17. The number of H-pyrrole nitrogens is 1. The minimum Gasteiger partial charge on any atom is -0.506 e. The number of benzene rings is 2. The highest BCUT2D eigenvalue weighted by atomic mass is 127. The number of hydrogen-bond donors (Lipinski definition) is 2. The van der Waals surface area contributed by atoms with Gasteiger partial charge in [0.25, 0.3) is 5.56 Å². The van der Waals surface area contributed by atoms with Crippen molar-refractivity contribution in [3.8, 4) is 6.07 Å². The molecular formula is C17H8Cl2IN3O2. The van der Waals surface area contributed by atoms with Crippen LogP contribution in [0.1, 0.15) is 11.4 Å². The molecule has 2 aromatic carbocycles. The zero-order valence-corrected chi connectivity index (χ0v) is 16.0. The molecule has 25 heavy (non-hydrogen) atoms. The Kier molecular flexibility index (Phi) is 4.99. The fourth-order valence-electron chi connectivity index (χ4n) is 2.27. The second kappa shape index (κ2) is 7.04. The van der Waals surface area contributed by atoms with Gasteiger partial charge in [-0.3, -0.25) is 4.79 Å². The lowest BCUT2D eigenvalue weighted by atomic mass is 10.1. The Hall–Kier alpha value is -2.08. The predicted molar refractivity (Wildman–Crippen MR) is 107 cm³/mol. The van der Waals surface area contributed by atoms with E-state index in [1.54, 1.807) is 18.2 Å². The standard InChI is InChI=1S/C17H8Cl2IN3O2/c18-8-1-3-10(13(19)5-8)15(24)12(7-21)16-22-14-6-9(20)2-4-11(14)17(25)23-16/h1-6,24H,(H,22,23,25). The summed E-state index contributed by atoms with van der Waals surface area (Å²) in [5.74, 6) is -0.428. The average Bonchev–Trinajstić information content (AvgIpc) is 2.55. The number of fused-ring (bicyclic) bond motifs is 1. The summed E-state index contributed by atoms with van der Waals surface area (Å²) in [5.41, 5.74) is 0.0441. The van der Waals surface area contributed by atoms with E-state index in [4.69, 9.17) is 23.2 Å². The number of hydrogen-bond acceptors (Lipinski definition) is 4. The minimum absolute atomic E-state index is 0.0366. The second-order valence-electron chi connectivity index (χ2n) is 5.04. The normalized spacial score (nSPS) is 11.9. The van der Waals surface area contributed by atoms with E-state index in [-0.39, 0.29) is 22.0 Å². The number of nitrogens with zero attached hydrogens (tertiary/aromatic N) is 2.